The van der Waals surface area contributed by atoms with Crippen molar-refractivity contribution in [2.75, 3.05) is 13.1 Å². The van der Waals surface area contributed by atoms with Crippen molar-refractivity contribution < 1.29 is 9.21 Å². The largest absolute Gasteiger partial charge is 0.464 e. The maximum atomic E-state index is 10.8. The second kappa shape index (κ2) is 6.36. The molecule has 18 heavy (non-hydrogen) atoms. The van der Waals surface area contributed by atoms with Gasteiger partial charge in [-0.2, -0.15) is 0 Å². The molecule has 2 rings (SSSR count). The predicted octanol–water partition coefficient (Wildman–Crippen LogP) is 2.93. The third kappa shape index (κ3) is 3.44. The molecule has 0 radical (unpaired) electrons. The van der Waals surface area contributed by atoms with Crippen LogP contribution in [0.2, 0.25) is 0 Å². The molecule has 0 aliphatic heterocycles. The second-order valence-corrected chi connectivity index (χ2v) is 4.56. The van der Waals surface area contributed by atoms with Gasteiger partial charge in [0.05, 0.1) is 6.26 Å². The van der Waals surface area contributed by atoms with Crippen LogP contribution < -0.4 is 5.32 Å². The van der Waals surface area contributed by atoms with Crippen molar-refractivity contribution in [3.8, 4) is 0 Å². The second-order valence-electron chi connectivity index (χ2n) is 4.56. The third-order valence-electron chi connectivity index (χ3n) is 3.01. The number of furan rings is 1. The van der Waals surface area contributed by atoms with Gasteiger partial charge in [0.1, 0.15) is 11.4 Å². The van der Waals surface area contributed by atoms with Crippen molar-refractivity contribution in [2.45, 2.75) is 26.2 Å². The Labute approximate surface area is 107 Å². The summed E-state index contributed by atoms with van der Waals surface area (Å²) < 4.78 is 5.49. The summed E-state index contributed by atoms with van der Waals surface area (Å²) in [6.45, 7) is 3.45. The smallest absolute Gasteiger partial charge is 0.134 e. The van der Waals surface area contributed by atoms with E-state index in [1.807, 2.05) is 24.5 Å². The molecular formula is C15H19NO2. The highest BCUT2D eigenvalue weighted by atomic mass is 16.3. The highest BCUT2D eigenvalue weighted by molar-refractivity contribution is 5.80. The number of carbonyl (C=O) groups is 1. The maximum Gasteiger partial charge on any atom is 0.134 e. The summed E-state index contributed by atoms with van der Waals surface area (Å²) in [5.41, 5.74) is 2.19. The van der Waals surface area contributed by atoms with Gasteiger partial charge in [-0.25, -0.2) is 0 Å². The molecular weight excluding hydrogens is 226 g/mol. The minimum absolute atomic E-state index is 0.262. The fourth-order valence-corrected chi connectivity index (χ4v) is 2.04. The SMILES string of the molecule is CC(=O)CCCNCCc1coc2ccccc12. The van der Waals surface area contributed by atoms with Gasteiger partial charge in [0.25, 0.3) is 0 Å². The quantitative estimate of drug-likeness (QED) is 0.763. The lowest BCUT2D eigenvalue weighted by molar-refractivity contribution is -0.117. The average Bonchev–Trinajstić information content (AvgIpc) is 2.77. The molecule has 1 N–H and O–H groups in total. The van der Waals surface area contributed by atoms with Gasteiger partial charge in [-0.05, 0) is 44.5 Å². The zero-order chi connectivity index (χ0) is 12.8. The molecule has 1 aromatic carbocycles. The van der Waals surface area contributed by atoms with Crippen molar-refractivity contribution in [3.05, 3.63) is 36.1 Å². The molecule has 0 atom stereocenters. The van der Waals surface area contributed by atoms with Gasteiger partial charge in [-0.3, -0.25) is 0 Å². The lowest BCUT2D eigenvalue weighted by Crippen LogP contribution is -2.18. The minimum Gasteiger partial charge on any atom is -0.464 e. The van der Waals surface area contributed by atoms with E-state index in [1.54, 1.807) is 6.92 Å². The molecule has 1 aromatic heterocycles. The zero-order valence-electron chi connectivity index (χ0n) is 10.7. The Bertz CT molecular complexity index is 516. The fraction of sp³-hybridized carbons (Fsp3) is 0.400. The predicted molar refractivity (Wildman–Crippen MR) is 72.7 cm³/mol. The zero-order valence-corrected chi connectivity index (χ0v) is 10.7. The highest BCUT2D eigenvalue weighted by Crippen LogP contribution is 2.20. The van der Waals surface area contributed by atoms with Crippen LogP contribution >= 0.6 is 0 Å². The summed E-state index contributed by atoms with van der Waals surface area (Å²) in [5.74, 6) is 0.262. The Hall–Kier alpha value is -1.61. The molecule has 0 amide bonds. The van der Waals surface area contributed by atoms with Crippen molar-refractivity contribution >= 4 is 16.8 Å². The average molecular weight is 245 g/mol. The first kappa shape index (κ1) is 12.8. The van der Waals surface area contributed by atoms with E-state index in [2.05, 4.69) is 11.4 Å². The molecule has 0 fully saturated rings. The first-order valence-electron chi connectivity index (χ1n) is 6.42. The molecule has 0 unspecified atom stereocenters. The van der Waals surface area contributed by atoms with Crippen LogP contribution in [0.3, 0.4) is 0 Å². The van der Waals surface area contributed by atoms with Crippen LogP contribution in [-0.4, -0.2) is 18.9 Å². The first-order valence-corrected chi connectivity index (χ1v) is 6.42. The Balaban J connectivity index is 1.75. The number of carbonyl (C=O) groups excluding carboxylic acids is 1. The molecule has 96 valence electrons. The summed E-state index contributed by atoms with van der Waals surface area (Å²) in [7, 11) is 0. The molecule has 3 heteroatoms. The van der Waals surface area contributed by atoms with Crippen LogP contribution in [0, 0.1) is 0 Å². The van der Waals surface area contributed by atoms with Crippen molar-refractivity contribution in [3.63, 3.8) is 0 Å². The summed E-state index contributed by atoms with van der Waals surface area (Å²) in [6, 6.07) is 8.08. The van der Waals surface area contributed by atoms with E-state index in [9.17, 15) is 4.79 Å². The van der Waals surface area contributed by atoms with Gasteiger partial charge in [-0.1, -0.05) is 18.2 Å². The van der Waals surface area contributed by atoms with Crippen LogP contribution in [0.5, 0.6) is 0 Å². The summed E-state index contributed by atoms with van der Waals surface area (Å²) >= 11 is 0. The van der Waals surface area contributed by atoms with Gasteiger partial charge < -0.3 is 14.5 Å². The van der Waals surface area contributed by atoms with Crippen LogP contribution in [0.4, 0.5) is 0 Å². The Morgan fingerprint density at radius 2 is 2.11 bits per heavy atom. The van der Waals surface area contributed by atoms with E-state index in [1.165, 1.54) is 10.9 Å². The van der Waals surface area contributed by atoms with E-state index in [4.69, 9.17) is 4.42 Å². The third-order valence-corrected chi connectivity index (χ3v) is 3.01. The Morgan fingerprint density at radius 1 is 1.28 bits per heavy atom. The molecule has 0 aliphatic carbocycles. The van der Waals surface area contributed by atoms with Gasteiger partial charge in [-0.15, -0.1) is 0 Å². The monoisotopic (exact) mass is 245 g/mol. The lowest BCUT2D eigenvalue weighted by Gasteiger charge is -2.02. The van der Waals surface area contributed by atoms with E-state index >= 15 is 0 Å². The van der Waals surface area contributed by atoms with Crippen LogP contribution in [0.25, 0.3) is 11.0 Å². The van der Waals surface area contributed by atoms with E-state index < -0.39 is 0 Å². The number of ketones is 1. The summed E-state index contributed by atoms with van der Waals surface area (Å²) in [5, 5.41) is 4.55. The molecule has 0 aliphatic rings. The van der Waals surface area contributed by atoms with Crippen LogP contribution in [0.1, 0.15) is 25.3 Å². The number of nitrogens with one attached hydrogen (secondary N) is 1. The summed E-state index contributed by atoms with van der Waals surface area (Å²) in [6.07, 6.45) is 4.38. The number of fused-ring (bicyclic) bond motifs is 1. The lowest BCUT2D eigenvalue weighted by atomic mass is 10.1. The van der Waals surface area contributed by atoms with Gasteiger partial charge in [0, 0.05) is 11.8 Å². The first-order chi connectivity index (χ1) is 8.77. The standard InChI is InChI=1S/C15H19NO2/c1-12(17)5-4-9-16-10-8-13-11-18-15-7-3-2-6-14(13)15/h2-3,6-7,11,16H,4-5,8-10H2,1H3. The number of rotatable bonds is 7. The molecule has 0 spiro atoms. The van der Waals surface area contributed by atoms with E-state index in [0.717, 1.165) is 31.5 Å². The summed E-state index contributed by atoms with van der Waals surface area (Å²) in [4.78, 5) is 10.8. The highest BCUT2D eigenvalue weighted by Gasteiger charge is 2.03. The maximum absolute atomic E-state index is 10.8. The van der Waals surface area contributed by atoms with Crippen molar-refractivity contribution in [1.29, 1.82) is 0 Å². The number of Topliss-reactive ketones (excluding diaryl/α,β-unsaturated/α-hetero) is 1. The number of hydrogen-bond donors (Lipinski definition) is 1. The molecule has 3 nitrogen and oxygen atoms in total. The van der Waals surface area contributed by atoms with Crippen molar-refractivity contribution in [1.82, 2.24) is 5.32 Å². The van der Waals surface area contributed by atoms with Crippen molar-refractivity contribution in [2.24, 2.45) is 0 Å². The molecule has 2 aromatic rings. The Morgan fingerprint density at radius 3 is 2.94 bits per heavy atom. The van der Waals surface area contributed by atoms with Gasteiger partial charge in [0.2, 0.25) is 0 Å². The van der Waals surface area contributed by atoms with E-state index in [0.29, 0.717) is 6.42 Å². The number of hydrogen-bond acceptors (Lipinski definition) is 3. The van der Waals surface area contributed by atoms with Crippen LogP contribution in [-0.2, 0) is 11.2 Å². The van der Waals surface area contributed by atoms with E-state index in [-0.39, 0.29) is 5.78 Å². The normalized spacial score (nSPS) is 10.9. The fourth-order valence-electron chi connectivity index (χ4n) is 2.04. The molecule has 1 heterocycles. The number of para-hydroxylation sites is 1. The molecule has 0 saturated carbocycles. The topological polar surface area (TPSA) is 42.2 Å². The van der Waals surface area contributed by atoms with Gasteiger partial charge >= 0.3 is 0 Å². The number of benzene rings is 1. The Kier molecular flexibility index (Phi) is 4.53. The van der Waals surface area contributed by atoms with Crippen LogP contribution in [0.15, 0.2) is 34.9 Å². The minimum atomic E-state index is 0.262. The molecule has 0 bridgehead atoms. The van der Waals surface area contributed by atoms with Gasteiger partial charge in [0.15, 0.2) is 0 Å². The molecule has 0 saturated heterocycles.